The van der Waals surface area contributed by atoms with Crippen LogP contribution < -0.4 is 5.32 Å². The average molecular weight is 426 g/mol. The highest BCUT2D eigenvalue weighted by molar-refractivity contribution is 7.10. The van der Waals surface area contributed by atoms with Crippen molar-refractivity contribution in [2.24, 2.45) is 5.92 Å². The Morgan fingerprint density at radius 1 is 1.07 bits per heavy atom. The zero-order chi connectivity index (χ0) is 20.9. The van der Waals surface area contributed by atoms with Crippen LogP contribution in [0.5, 0.6) is 0 Å². The van der Waals surface area contributed by atoms with E-state index in [0.717, 1.165) is 31.8 Å². The maximum absolute atomic E-state index is 13.1. The molecule has 1 N–H and O–H groups in total. The molecule has 1 aromatic carbocycles. The number of hydrogen-bond acceptors (Lipinski definition) is 4. The number of hydrogen-bond donors (Lipinski definition) is 1. The Balaban J connectivity index is 1.41. The van der Waals surface area contributed by atoms with Crippen molar-refractivity contribution in [3.8, 4) is 0 Å². The summed E-state index contributed by atoms with van der Waals surface area (Å²) in [6, 6.07) is 13.4. The van der Waals surface area contributed by atoms with Gasteiger partial charge in [-0.3, -0.25) is 14.5 Å². The number of carbonyl (C=O) groups is 2. The van der Waals surface area contributed by atoms with E-state index in [1.807, 2.05) is 30.3 Å². The van der Waals surface area contributed by atoms with Crippen LogP contribution in [0.3, 0.4) is 0 Å². The summed E-state index contributed by atoms with van der Waals surface area (Å²) in [6.45, 7) is 5.70. The van der Waals surface area contributed by atoms with Crippen LogP contribution in [-0.2, 0) is 4.79 Å². The second-order valence-electron chi connectivity index (χ2n) is 8.52. The lowest BCUT2D eigenvalue weighted by Crippen LogP contribution is -2.48. The first-order valence-corrected chi connectivity index (χ1v) is 11.9. The molecule has 30 heavy (non-hydrogen) atoms. The summed E-state index contributed by atoms with van der Waals surface area (Å²) < 4.78 is 0. The molecule has 3 heterocycles. The van der Waals surface area contributed by atoms with E-state index in [2.05, 4.69) is 34.7 Å². The van der Waals surface area contributed by atoms with Crippen LogP contribution >= 0.6 is 11.3 Å². The standard InChI is InChI=1S/C24H31N3O2S/c1-18-11-14-26(15-12-18)21(22-10-6-16-30-22)17-25-23(28)20-9-5-13-27(20)24(29)19-7-3-2-4-8-19/h2-4,6-8,10,16,18,20-21H,5,9,11-15,17H2,1H3,(H,25,28). The fourth-order valence-electron chi connectivity index (χ4n) is 4.57. The SMILES string of the molecule is CC1CCN(C(CNC(=O)C2CCCN2C(=O)c2ccccc2)c2cccs2)CC1. The molecule has 6 heteroatoms. The number of thiophene rings is 1. The van der Waals surface area contributed by atoms with Crippen molar-refractivity contribution in [2.45, 2.75) is 44.7 Å². The molecule has 2 aliphatic rings. The van der Waals surface area contributed by atoms with Crippen molar-refractivity contribution in [3.05, 3.63) is 58.3 Å². The third kappa shape index (κ3) is 4.76. The highest BCUT2D eigenvalue weighted by Gasteiger charge is 2.35. The number of rotatable bonds is 6. The van der Waals surface area contributed by atoms with Crippen LogP contribution in [0.1, 0.15) is 53.9 Å². The normalized spacial score (nSPS) is 21.5. The number of nitrogens with one attached hydrogen (secondary N) is 1. The number of piperidine rings is 1. The maximum Gasteiger partial charge on any atom is 0.254 e. The molecule has 2 fully saturated rings. The summed E-state index contributed by atoms with van der Waals surface area (Å²) in [4.78, 5) is 31.5. The minimum atomic E-state index is -0.372. The largest absolute Gasteiger partial charge is 0.352 e. The molecule has 160 valence electrons. The molecule has 0 saturated carbocycles. The van der Waals surface area contributed by atoms with E-state index in [1.165, 1.54) is 17.7 Å². The van der Waals surface area contributed by atoms with E-state index in [4.69, 9.17) is 0 Å². The van der Waals surface area contributed by atoms with E-state index in [1.54, 1.807) is 16.2 Å². The molecule has 4 rings (SSSR count). The molecule has 0 bridgehead atoms. The Bertz CT molecular complexity index is 831. The number of amides is 2. The molecule has 5 nitrogen and oxygen atoms in total. The summed E-state index contributed by atoms with van der Waals surface area (Å²) in [6.07, 6.45) is 4.01. The average Bonchev–Trinajstić information content (AvgIpc) is 3.47. The quantitative estimate of drug-likeness (QED) is 0.763. The van der Waals surface area contributed by atoms with Gasteiger partial charge in [-0.2, -0.15) is 0 Å². The van der Waals surface area contributed by atoms with Gasteiger partial charge in [-0.15, -0.1) is 11.3 Å². The van der Waals surface area contributed by atoms with Crippen molar-refractivity contribution in [3.63, 3.8) is 0 Å². The molecule has 0 aliphatic carbocycles. The predicted molar refractivity (Wildman–Crippen MR) is 121 cm³/mol. The highest BCUT2D eigenvalue weighted by atomic mass is 32.1. The summed E-state index contributed by atoms with van der Waals surface area (Å²) in [7, 11) is 0. The Hall–Kier alpha value is -2.18. The Morgan fingerprint density at radius 2 is 1.83 bits per heavy atom. The molecule has 2 aromatic rings. The van der Waals surface area contributed by atoms with Crippen LogP contribution in [0.4, 0.5) is 0 Å². The molecule has 2 aliphatic heterocycles. The molecule has 0 radical (unpaired) electrons. The summed E-state index contributed by atoms with van der Waals surface area (Å²) >= 11 is 1.75. The Morgan fingerprint density at radius 3 is 2.53 bits per heavy atom. The molecular weight excluding hydrogens is 394 g/mol. The fraction of sp³-hybridized carbons (Fsp3) is 0.500. The van der Waals surface area contributed by atoms with Gasteiger partial charge in [0.25, 0.3) is 5.91 Å². The number of carbonyl (C=O) groups excluding carboxylic acids is 2. The van der Waals surface area contributed by atoms with Gasteiger partial charge < -0.3 is 10.2 Å². The zero-order valence-corrected chi connectivity index (χ0v) is 18.4. The first kappa shape index (κ1) is 21.1. The summed E-state index contributed by atoms with van der Waals surface area (Å²) in [5, 5.41) is 5.30. The fourth-order valence-corrected chi connectivity index (χ4v) is 5.44. The molecule has 0 spiro atoms. The topological polar surface area (TPSA) is 52.7 Å². The zero-order valence-electron chi connectivity index (χ0n) is 17.6. The minimum Gasteiger partial charge on any atom is -0.352 e. The van der Waals surface area contributed by atoms with E-state index in [-0.39, 0.29) is 23.9 Å². The number of likely N-dealkylation sites (tertiary alicyclic amines) is 2. The van der Waals surface area contributed by atoms with Crippen LogP contribution in [0.25, 0.3) is 0 Å². The van der Waals surface area contributed by atoms with Gasteiger partial charge in [0.1, 0.15) is 6.04 Å². The van der Waals surface area contributed by atoms with E-state index in [0.29, 0.717) is 18.7 Å². The summed E-state index contributed by atoms with van der Waals surface area (Å²) in [5.41, 5.74) is 0.649. The smallest absolute Gasteiger partial charge is 0.254 e. The van der Waals surface area contributed by atoms with Gasteiger partial charge in [-0.1, -0.05) is 31.2 Å². The van der Waals surface area contributed by atoms with Gasteiger partial charge in [-0.25, -0.2) is 0 Å². The Kier molecular flexibility index (Phi) is 6.85. The molecule has 2 unspecified atom stereocenters. The first-order valence-electron chi connectivity index (χ1n) is 11.0. The van der Waals surface area contributed by atoms with E-state index in [9.17, 15) is 9.59 Å². The lowest BCUT2D eigenvalue weighted by molar-refractivity contribution is -0.125. The second kappa shape index (κ2) is 9.75. The van der Waals surface area contributed by atoms with Crippen molar-refractivity contribution < 1.29 is 9.59 Å². The van der Waals surface area contributed by atoms with Gasteiger partial charge >= 0.3 is 0 Å². The van der Waals surface area contributed by atoms with Gasteiger partial charge in [0.15, 0.2) is 0 Å². The molecule has 2 amide bonds. The highest BCUT2D eigenvalue weighted by Crippen LogP contribution is 2.29. The Labute approximate surface area is 183 Å². The van der Waals surface area contributed by atoms with Gasteiger partial charge in [-0.05, 0) is 68.3 Å². The molecule has 2 saturated heterocycles. The summed E-state index contributed by atoms with van der Waals surface area (Å²) in [5.74, 6) is 0.702. The van der Waals surface area contributed by atoms with Crippen LogP contribution in [-0.4, -0.2) is 53.8 Å². The van der Waals surface area contributed by atoms with Crippen molar-refractivity contribution >= 4 is 23.2 Å². The maximum atomic E-state index is 13.1. The van der Waals surface area contributed by atoms with Gasteiger partial charge in [0.2, 0.25) is 5.91 Å². The number of benzene rings is 1. The lowest BCUT2D eigenvalue weighted by atomic mass is 9.97. The monoisotopic (exact) mass is 425 g/mol. The van der Waals surface area contributed by atoms with Crippen molar-refractivity contribution in [1.29, 1.82) is 0 Å². The second-order valence-corrected chi connectivity index (χ2v) is 9.50. The molecular formula is C24H31N3O2S. The third-order valence-corrected chi connectivity index (χ3v) is 7.41. The lowest BCUT2D eigenvalue weighted by Gasteiger charge is -2.36. The van der Waals surface area contributed by atoms with Crippen molar-refractivity contribution in [1.82, 2.24) is 15.1 Å². The van der Waals surface area contributed by atoms with Crippen LogP contribution in [0.2, 0.25) is 0 Å². The molecule has 2 atom stereocenters. The van der Waals surface area contributed by atoms with E-state index < -0.39 is 0 Å². The minimum absolute atomic E-state index is 0.0243. The predicted octanol–water partition coefficient (Wildman–Crippen LogP) is 3.94. The van der Waals surface area contributed by atoms with Crippen molar-refractivity contribution in [2.75, 3.05) is 26.2 Å². The third-order valence-electron chi connectivity index (χ3n) is 6.44. The molecule has 1 aromatic heterocycles. The van der Waals surface area contributed by atoms with E-state index >= 15 is 0 Å². The van der Waals surface area contributed by atoms with Gasteiger partial charge in [0.05, 0.1) is 6.04 Å². The van der Waals surface area contributed by atoms with Crippen LogP contribution in [0, 0.1) is 5.92 Å². The first-order chi connectivity index (χ1) is 14.6. The number of nitrogens with zero attached hydrogens (tertiary/aromatic N) is 2. The van der Waals surface area contributed by atoms with Crippen LogP contribution in [0.15, 0.2) is 47.8 Å². The van der Waals surface area contributed by atoms with Gasteiger partial charge in [0, 0.05) is 23.5 Å².